The van der Waals surface area contributed by atoms with E-state index < -0.39 is 0 Å². The number of nitrogens with zero attached hydrogens (tertiary/aromatic N) is 2. The number of hydrogen-bond donors (Lipinski definition) is 0. The van der Waals surface area contributed by atoms with Crippen molar-refractivity contribution in [2.75, 3.05) is 0 Å². The lowest BCUT2D eigenvalue weighted by atomic mass is 10.2. The fourth-order valence-corrected chi connectivity index (χ4v) is 1.42. The van der Waals surface area contributed by atoms with Gasteiger partial charge in [0.15, 0.2) is 0 Å². The average Bonchev–Trinajstić information content (AvgIpc) is 2.18. The predicted molar refractivity (Wildman–Crippen MR) is 62.5 cm³/mol. The van der Waals surface area contributed by atoms with Gasteiger partial charge in [0.2, 0.25) is 5.24 Å². The van der Waals surface area contributed by atoms with Crippen LogP contribution in [-0.4, -0.2) is 15.0 Å². The third-order valence-corrected chi connectivity index (χ3v) is 2.23. The average molecular weight is 243 g/mol. The van der Waals surface area contributed by atoms with E-state index in [9.17, 15) is 9.59 Å². The SMILES string of the molecule is CC(C)Cn1nc(CCC(=O)Cl)ccc1=O. The van der Waals surface area contributed by atoms with E-state index in [0.717, 1.165) is 0 Å². The van der Waals surface area contributed by atoms with Crippen LogP contribution >= 0.6 is 11.6 Å². The summed E-state index contributed by atoms with van der Waals surface area (Å²) in [6.07, 6.45) is 0.717. The number of hydrogen-bond acceptors (Lipinski definition) is 3. The maximum Gasteiger partial charge on any atom is 0.266 e. The lowest BCUT2D eigenvalue weighted by Gasteiger charge is -2.08. The standard InChI is InChI=1S/C11H15ClN2O2/c1-8(2)7-14-11(16)6-4-9(13-14)3-5-10(12)15/h4,6,8H,3,5,7H2,1-2H3. The van der Waals surface area contributed by atoms with Crippen molar-refractivity contribution in [3.05, 3.63) is 28.2 Å². The maximum atomic E-state index is 11.5. The summed E-state index contributed by atoms with van der Waals surface area (Å²) in [4.78, 5) is 22.1. The van der Waals surface area contributed by atoms with E-state index in [0.29, 0.717) is 24.6 Å². The lowest BCUT2D eigenvalue weighted by Crippen LogP contribution is -2.25. The molecule has 1 aromatic heterocycles. The Hall–Kier alpha value is -1.16. The first-order valence-electron chi connectivity index (χ1n) is 5.24. The number of rotatable bonds is 5. The summed E-state index contributed by atoms with van der Waals surface area (Å²) >= 11 is 5.25. The maximum absolute atomic E-state index is 11.5. The fourth-order valence-electron chi connectivity index (χ4n) is 1.33. The molecule has 0 spiro atoms. The quantitative estimate of drug-likeness (QED) is 0.737. The number of aryl methyl sites for hydroxylation is 1. The number of carbonyl (C=O) groups excluding carboxylic acids is 1. The van der Waals surface area contributed by atoms with Gasteiger partial charge in [0.1, 0.15) is 0 Å². The van der Waals surface area contributed by atoms with Gasteiger partial charge in [-0.15, -0.1) is 0 Å². The molecule has 0 atom stereocenters. The Morgan fingerprint density at radius 3 is 2.75 bits per heavy atom. The van der Waals surface area contributed by atoms with Crippen LogP contribution in [0.2, 0.25) is 0 Å². The number of aromatic nitrogens is 2. The van der Waals surface area contributed by atoms with E-state index in [4.69, 9.17) is 11.6 Å². The first kappa shape index (κ1) is 12.9. The van der Waals surface area contributed by atoms with E-state index in [2.05, 4.69) is 5.10 Å². The van der Waals surface area contributed by atoms with Crippen molar-refractivity contribution >= 4 is 16.8 Å². The Balaban J connectivity index is 2.81. The molecule has 5 heteroatoms. The molecule has 1 aromatic rings. The summed E-state index contributed by atoms with van der Waals surface area (Å²) in [6.45, 7) is 4.62. The van der Waals surface area contributed by atoms with Gasteiger partial charge in [-0.2, -0.15) is 5.10 Å². The molecule has 16 heavy (non-hydrogen) atoms. The van der Waals surface area contributed by atoms with Crippen molar-refractivity contribution in [3.8, 4) is 0 Å². The van der Waals surface area contributed by atoms with Crippen LogP contribution in [0.15, 0.2) is 16.9 Å². The molecular formula is C11H15ClN2O2. The molecule has 0 aliphatic heterocycles. The molecule has 88 valence electrons. The minimum atomic E-state index is -0.386. The minimum absolute atomic E-state index is 0.116. The Morgan fingerprint density at radius 1 is 1.50 bits per heavy atom. The predicted octanol–water partition coefficient (Wildman–Crippen LogP) is 1.60. The zero-order valence-corrected chi connectivity index (χ0v) is 10.2. The van der Waals surface area contributed by atoms with Crippen LogP contribution in [0.4, 0.5) is 0 Å². The summed E-state index contributed by atoms with van der Waals surface area (Å²) in [5, 5.41) is 3.79. The van der Waals surface area contributed by atoms with Crippen molar-refractivity contribution < 1.29 is 4.79 Å². The molecule has 0 unspecified atom stereocenters. The highest BCUT2D eigenvalue weighted by Crippen LogP contribution is 2.01. The zero-order chi connectivity index (χ0) is 12.1. The lowest BCUT2D eigenvalue weighted by molar-refractivity contribution is -0.111. The number of carbonyl (C=O) groups is 1. The molecule has 0 bridgehead atoms. The minimum Gasteiger partial charge on any atom is -0.281 e. The Bertz CT molecular complexity index is 426. The van der Waals surface area contributed by atoms with Crippen LogP contribution in [0.25, 0.3) is 0 Å². The highest BCUT2D eigenvalue weighted by molar-refractivity contribution is 6.63. The Morgan fingerprint density at radius 2 is 2.19 bits per heavy atom. The zero-order valence-electron chi connectivity index (χ0n) is 9.44. The van der Waals surface area contributed by atoms with Crippen molar-refractivity contribution in [3.63, 3.8) is 0 Å². The Kier molecular flexibility index (Phi) is 4.68. The molecule has 0 saturated heterocycles. The van der Waals surface area contributed by atoms with E-state index in [1.54, 1.807) is 6.07 Å². The molecule has 0 aliphatic carbocycles. The topological polar surface area (TPSA) is 52.0 Å². The van der Waals surface area contributed by atoms with E-state index in [-0.39, 0.29) is 17.2 Å². The molecule has 0 N–H and O–H groups in total. The fraction of sp³-hybridized carbons (Fsp3) is 0.545. The Labute approximate surface area is 99.2 Å². The molecule has 0 aromatic carbocycles. The van der Waals surface area contributed by atoms with E-state index in [1.807, 2.05) is 13.8 Å². The van der Waals surface area contributed by atoms with Gasteiger partial charge in [0, 0.05) is 19.0 Å². The van der Waals surface area contributed by atoms with Gasteiger partial charge >= 0.3 is 0 Å². The van der Waals surface area contributed by atoms with Crippen molar-refractivity contribution in [2.24, 2.45) is 5.92 Å². The summed E-state index contributed by atoms with van der Waals surface area (Å²) in [7, 11) is 0. The van der Waals surface area contributed by atoms with Gasteiger partial charge in [-0.25, -0.2) is 4.68 Å². The van der Waals surface area contributed by atoms with Crippen molar-refractivity contribution in [1.29, 1.82) is 0 Å². The largest absolute Gasteiger partial charge is 0.281 e. The molecule has 1 rings (SSSR count). The molecule has 0 amide bonds. The molecule has 0 aliphatic rings. The van der Waals surface area contributed by atoms with Crippen LogP contribution in [0, 0.1) is 5.92 Å². The second kappa shape index (κ2) is 5.80. The van der Waals surface area contributed by atoms with Gasteiger partial charge in [0.05, 0.1) is 5.69 Å². The van der Waals surface area contributed by atoms with Gasteiger partial charge in [-0.1, -0.05) is 13.8 Å². The number of halogens is 1. The molecule has 1 heterocycles. The highest BCUT2D eigenvalue weighted by atomic mass is 35.5. The second-order valence-electron chi connectivity index (χ2n) is 4.09. The van der Waals surface area contributed by atoms with Crippen LogP contribution in [-0.2, 0) is 17.8 Å². The first-order chi connectivity index (χ1) is 7.49. The van der Waals surface area contributed by atoms with Gasteiger partial charge in [0.25, 0.3) is 5.56 Å². The van der Waals surface area contributed by atoms with Gasteiger partial charge < -0.3 is 0 Å². The summed E-state index contributed by atoms with van der Waals surface area (Å²) in [6, 6.07) is 3.11. The summed E-state index contributed by atoms with van der Waals surface area (Å²) in [5.74, 6) is 0.357. The van der Waals surface area contributed by atoms with Crippen LogP contribution in [0.5, 0.6) is 0 Å². The van der Waals surface area contributed by atoms with Crippen molar-refractivity contribution in [1.82, 2.24) is 9.78 Å². The summed E-state index contributed by atoms with van der Waals surface area (Å²) in [5.41, 5.74) is 0.601. The smallest absolute Gasteiger partial charge is 0.266 e. The molecule has 0 fully saturated rings. The molecule has 4 nitrogen and oxygen atoms in total. The third-order valence-electron chi connectivity index (χ3n) is 2.04. The van der Waals surface area contributed by atoms with Gasteiger partial charge in [-0.05, 0) is 30.0 Å². The monoisotopic (exact) mass is 242 g/mol. The third kappa shape index (κ3) is 4.14. The first-order valence-corrected chi connectivity index (χ1v) is 5.62. The van der Waals surface area contributed by atoms with Crippen LogP contribution < -0.4 is 5.56 Å². The molecular weight excluding hydrogens is 228 g/mol. The van der Waals surface area contributed by atoms with E-state index >= 15 is 0 Å². The van der Waals surface area contributed by atoms with Crippen LogP contribution in [0.3, 0.4) is 0 Å². The normalized spacial score (nSPS) is 10.8. The van der Waals surface area contributed by atoms with E-state index in [1.165, 1.54) is 10.7 Å². The van der Waals surface area contributed by atoms with Crippen LogP contribution in [0.1, 0.15) is 26.0 Å². The molecule has 0 saturated carbocycles. The summed E-state index contributed by atoms with van der Waals surface area (Å²) < 4.78 is 1.43. The highest BCUT2D eigenvalue weighted by Gasteiger charge is 2.04. The van der Waals surface area contributed by atoms with Gasteiger partial charge in [-0.3, -0.25) is 9.59 Å². The second-order valence-corrected chi connectivity index (χ2v) is 4.52. The molecule has 0 radical (unpaired) electrons. The van der Waals surface area contributed by atoms with Crippen molar-refractivity contribution in [2.45, 2.75) is 33.2 Å².